The Morgan fingerprint density at radius 3 is 2.80 bits per heavy atom. The van der Waals surface area contributed by atoms with E-state index in [-0.39, 0.29) is 0 Å². The molecule has 1 aromatic rings. The predicted octanol–water partition coefficient (Wildman–Crippen LogP) is 3.63. The number of allylic oxidation sites excluding steroid dienone is 1. The average molecular weight is 292 g/mol. The van der Waals surface area contributed by atoms with E-state index in [9.17, 15) is 0 Å². The zero-order chi connectivity index (χ0) is 11.1. The van der Waals surface area contributed by atoms with Gasteiger partial charge in [-0.05, 0) is 34.1 Å². The largest absolute Gasteiger partial charge is 0.497 e. The Bertz CT molecular complexity index is 339. The highest BCUT2D eigenvalue weighted by molar-refractivity contribution is 9.10. The second kappa shape index (κ2) is 6.75. The molecule has 0 radical (unpaired) electrons. The Balaban J connectivity index is 2.58. The van der Waals surface area contributed by atoms with Crippen molar-refractivity contribution in [3.8, 4) is 11.5 Å². The van der Waals surface area contributed by atoms with Crippen molar-refractivity contribution in [2.75, 3.05) is 19.6 Å². The van der Waals surface area contributed by atoms with Crippen LogP contribution < -0.4 is 9.47 Å². The lowest BCUT2D eigenvalue weighted by Gasteiger charge is -2.07. The molecule has 1 aromatic carbocycles. The molecule has 0 aromatic heterocycles. The Hall–Kier alpha value is -0.670. The highest BCUT2D eigenvalue weighted by atomic mass is 79.9. The lowest BCUT2D eigenvalue weighted by Crippen LogP contribution is -1.94. The molecule has 4 heteroatoms. The van der Waals surface area contributed by atoms with E-state index in [0.29, 0.717) is 12.5 Å². The minimum Gasteiger partial charge on any atom is -0.497 e. The lowest BCUT2D eigenvalue weighted by molar-refractivity contribution is 0.358. The molecular weight excluding hydrogens is 279 g/mol. The fourth-order valence-corrected chi connectivity index (χ4v) is 1.59. The molecule has 0 saturated heterocycles. The summed E-state index contributed by atoms with van der Waals surface area (Å²) in [5, 5.41) is 0. The molecule has 0 aliphatic heterocycles. The Labute approximate surface area is 103 Å². The van der Waals surface area contributed by atoms with Gasteiger partial charge in [0.1, 0.15) is 18.1 Å². The first kappa shape index (κ1) is 12.4. The summed E-state index contributed by atoms with van der Waals surface area (Å²) in [7, 11) is 1.63. The molecule has 0 atom stereocenters. The van der Waals surface area contributed by atoms with Gasteiger partial charge >= 0.3 is 0 Å². The number of hydrogen-bond donors (Lipinski definition) is 0. The number of benzene rings is 1. The van der Waals surface area contributed by atoms with Gasteiger partial charge in [-0.2, -0.15) is 0 Å². The van der Waals surface area contributed by atoms with Crippen LogP contribution in [0.25, 0.3) is 0 Å². The molecule has 2 nitrogen and oxygen atoms in total. The summed E-state index contributed by atoms with van der Waals surface area (Å²) in [6.45, 7) is 0.512. The van der Waals surface area contributed by atoms with Crippen molar-refractivity contribution >= 4 is 27.5 Å². The zero-order valence-corrected chi connectivity index (χ0v) is 10.7. The molecule has 1 rings (SSSR count). The first-order valence-electron chi connectivity index (χ1n) is 4.45. The summed E-state index contributed by atoms with van der Waals surface area (Å²) in [4.78, 5) is 0. The van der Waals surface area contributed by atoms with Crippen LogP contribution in [-0.2, 0) is 0 Å². The SMILES string of the molecule is COc1ccc(OC/C=C/CCl)c(Br)c1. The van der Waals surface area contributed by atoms with Crippen molar-refractivity contribution < 1.29 is 9.47 Å². The van der Waals surface area contributed by atoms with Gasteiger partial charge in [0.15, 0.2) is 0 Å². The smallest absolute Gasteiger partial charge is 0.134 e. The van der Waals surface area contributed by atoms with Gasteiger partial charge in [0.2, 0.25) is 0 Å². The Kier molecular flexibility index (Phi) is 5.58. The van der Waals surface area contributed by atoms with Crippen molar-refractivity contribution in [1.29, 1.82) is 0 Å². The number of alkyl halides is 1. The summed E-state index contributed by atoms with van der Waals surface area (Å²) < 4.78 is 11.4. The van der Waals surface area contributed by atoms with Gasteiger partial charge < -0.3 is 9.47 Å². The standard InChI is InChI=1S/C11H12BrClO2/c1-14-9-4-5-11(10(12)8-9)15-7-3-2-6-13/h2-5,8H,6-7H2,1H3/b3-2+. The minimum atomic E-state index is 0.507. The molecule has 0 unspecified atom stereocenters. The van der Waals surface area contributed by atoms with Crippen LogP contribution in [0.5, 0.6) is 11.5 Å². The van der Waals surface area contributed by atoms with E-state index in [1.807, 2.05) is 30.4 Å². The van der Waals surface area contributed by atoms with E-state index in [1.165, 1.54) is 0 Å². The van der Waals surface area contributed by atoms with Crippen LogP contribution in [0.3, 0.4) is 0 Å². The third-order valence-electron chi connectivity index (χ3n) is 1.73. The molecule has 0 bridgehead atoms. The third kappa shape index (κ3) is 4.14. The maximum Gasteiger partial charge on any atom is 0.134 e. The van der Waals surface area contributed by atoms with E-state index >= 15 is 0 Å². The summed E-state index contributed by atoms with van der Waals surface area (Å²) in [5.41, 5.74) is 0. The van der Waals surface area contributed by atoms with Crippen LogP contribution >= 0.6 is 27.5 Å². The number of rotatable bonds is 5. The van der Waals surface area contributed by atoms with Gasteiger partial charge in [0.25, 0.3) is 0 Å². The first-order chi connectivity index (χ1) is 7.27. The normalized spacial score (nSPS) is 10.6. The van der Waals surface area contributed by atoms with Crippen LogP contribution in [0, 0.1) is 0 Å². The van der Waals surface area contributed by atoms with E-state index in [1.54, 1.807) is 7.11 Å². The fourth-order valence-electron chi connectivity index (χ4n) is 0.995. The maximum atomic E-state index is 5.49. The van der Waals surface area contributed by atoms with Crippen molar-refractivity contribution in [2.24, 2.45) is 0 Å². The van der Waals surface area contributed by atoms with Gasteiger partial charge in [-0.25, -0.2) is 0 Å². The van der Waals surface area contributed by atoms with Crippen molar-refractivity contribution in [3.05, 3.63) is 34.8 Å². The third-order valence-corrected chi connectivity index (χ3v) is 2.53. The van der Waals surface area contributed by atoms with Crippen LogP contribution in [0.15, 0.2) is 34.8 Å². The van der Waals surface area contributed by atoms with Gasteiger partial charge in [-0.1, -0.05) is 12.2 Å². The zero-order valence-electron chi connectivity index (χ0n) is 8.37. The molecule has 0 N–H and O–H groups in total. The van der Waals surface area contributed by atoms with E-state index in [2.05, 4.69) is 15.9 Å². The van der Waals surface area contributed by atoms with Gasteiger partial charge in [0.05, 0.1) is 11.6 Å². The molecule has 0 aliphatic carbocycles. The van der Waals surface area contributed by atoms with E-state index in [4.69, 9.17) is 21.1 Å². The molecule has 82 valence electrons. The molecule has 15 heavy (non-hydrogen) atoms. The minimum absolute atomic E-state index is 0.507. The second-order valence-electron chi connectivity index (χ2n) is 2.73. The molecule has 0 heterocycles. The molecular formula is C11H12BrClO2. The van der Waals surface area contributed by atoms with Gasteiger partial charge in [-0.15, -0.1) is 11.6 Å². The predicted molar refractivity (Wildman–Crippen MR) is 66.0 cm³/mol. The van der Waals surface area contributed by atoms with Crippen LogP contribution in [0.1, 0.15) is 0 Å². The lowest BCUT2D eigenvalue weighted by atomic mass is 10.3. The van der Waals surface area contributed by atoms with Crippen LogP contribution in [0.2, 0.25) is 0 Å². The summed E-state index contributed by atoms with van der Waals surface area (Å²) in [6, 6.07) is 5.57. The summed E-state index contributed by atoms with van der Waals surface area (Å²) >= 11 is 8.89. The molecule has 0 spiro atoms. The monoisotopic (exact) mass is 290 g/mol. The van der Waals surface area contributed by atoms with Crippen molar-refractivity contribution in [2.45, 2.75) is 0 Å². The van der Waals surface area contributed by atoms with Crippen molar-refractivity contribution in [3.63, 3.8) is 0 Å². The maximum absolute atomic E-state index is 5.49. The van der Waals surface area contributed by atoms with Crippen LogP contribution in [0.4, 0.5) is 0 Å². The van der Waals surface area contributed by atoms with Crippen LogP contribution in [-0.4, -0.2) is 19.6 Å². The second-order valence-corrected chi connectivity index (χ2v) is 3.90. The Morgan fingerprint density at radius 1 is 1.40 bits per heavy atom. The summed E-state index contributed by atoms with van der Waals surface area (Å²) in [6.07, 6.45) is 3.72. The topological polar surface area (TPSA) is 18.5 Å². The highest BCUT2D eigenvalue weighted by Gasteiger charge is 2.01. The van der Waals surface area contributed by atoms with E-state index in [0.717, 1.165) is 16.0 Å². The van der Waals surface area contributed by atoms with E-state index < -0.39 is 0 Å². The average Bonchev–Trinajstić information content (AvgIpc) is 2.26. The molecule has 0 aliphatic rings. The molecule has 0 fully saturated rings. The van der Waals surface area contributed by atoms with Gasteiger partial charge in [0, 0.05) is 5.88 Å². The van der Waals surface area contributed by atoms with Gasteiger partial charge in [-0.3, -0.25) is 0 Å². The fraction of sp³-hybridized carbons (Fsp3) is 0.273. The number of halogens is 2. The summed E-state index contributed by atoms with van der Waals surface area (Å²) in [5.74, 6) is 2.09. The Morgan fingerprint density at radius 2 is 2.20 bits per heavy atom. The number of hydrogen-bond acceptors (Lipinski definition) is 2. The first-order valence-corrected chi connectivity index (χ1v) is 5.78. The highest BCUT2D eigenvalue weighted by Crippen LogP contribution is 2.28. The number of methoxy groups -OCH3 is 1. The number of ether oxygens (including phenoxy) is 2. The molecule has 0 saturated carbocycles. The van der Waals surface area contributed by atoms with Crippen molar-refractivity contribution in [1.82, 2.24) is 0 Å². The quantitative estimate of drug-likeness (QED) is 0.609. The molecule has 0 amide bonds.